The van der Waals surface area contributed by atoms with Crippen molar-refractivity contribution in [2.75, 3.05) is 25.9 Å². The van der Waals surface area contributed by atoms with Gasteiger partial charge in [-0.05, 0) is 43.2 Å². The Morgan fingerprint density at radius 3 is 2.53 bits per heavy atom. The highest BCUT2D eigenvalue weighted by atomic mass is 32.2. The summed E-state index contributed by atoms with van der Waals surface area (Å²) in [5.74, 6) is 1.72. The lowest BCUT2D eigenvalue weighted by atomic mass is 9.88. The number of Topliss-reactive ketones (excluding diaryl/α,β-unsaturated/α-hetero) is 1. The van der Waals surface area contributed by atoms with Crippen LogP contribution in [0.4, 0.5) is 0 Å². The highest BCUT2D eigenvalue weighted by Crippen LogP contribution is 2.22. The van der Waals surface area contributed by atoms with E-state index in [9.17, 15) is 4.79 Å². The molecule has 0 spiro atoms. The Hall–Kier alpha value is -0.800. The fraction of sp³-hybridized carbons (Fsp3) is 0.562. The van der Waals surface area contributed by atoms with E-state index in [4.69, 9.17) is 0 Å². The second-order valence-electron chi connectivity index (χ2n) is 5.63. The van der Waals surface area contributed by atoms with Gasteiger partial charge in [0, 0.05) is 17.0 Å². The molecule has 3 heteroatoms. The first-order chi connectivity index (χ1) is 9.10. The van der Waals surface area contributed by atoms with Crippen molar-refractivity contribution in [2.24, 2.45) is 11.8 Å². The van der Waals surface area contributed by atoms with E-state index >= 15 is 0 Å². The summed E-state index contributed by atoms with van der Waals surface area (Å²) in [7, 11) is 0. The summed E-state index contributed by atoms with van der Waals surface area (Å²) >= 11 is 1.70. The summed E-state index contributed by atoms with van der Waals surface area (Å²) in [4.78, 5) is 15.8. The maximum Gasteiger partial charge on any atom is 0.176 e. The molecule has 2 rings (SSSR count). The maximum absolute atomic E-state index is 12.3. The van der Waals surface area contributed by atoms with Gasteiger partial charge >= 0.3 is 0 Å². The maximum atomic E-state index is 12.3. The van der Waals surface area contributed by atoms with Crippen LogP contribution in [0.1, 0.15) is 30.6 Å². The molecular weight excluding hydrogens is 254 g/mol. The molecule has 1 aliphatic heterocycles. The number of rotatable bonds is 4. The zero-order valence-electron chi connectivity index (χ0n) is 12.1. The van der Waals surface area contributed by atoms with Crippen LogP contribution in [0.15, 0.2) is 29.2 Å². The van der Waals surface area contributed by atoms with E-state index in [1.807, 2.05) is 30.5 Å². The summed E-state index contributed by atoms with van der Waals surface area (Å²) < 4.78 is 0. The molecule has 0 aliphatic carbocycles. The van der Waals surface area contributed by atoms with Crippen LogP contribution in [0, 0.1) is 11.8 Å². The van der Waals surface area contributed by atoms with Gasteiger partial charge in [0.2, 0.25) is 0 Å². The summed E-state index contributed by atoms with van der Waals surface area (Å²) in [6.45, 7) is 7.27. The molecule has 2 nitrogen and oxygen atoms in total. The van der Waals surface area contributed by atoms with Gasteiger partial charge in [-0.2, -0.15) is 0 Å². The van der Waals surface area contributed by atoms with Crippen molar-refractivity contribution < 1.29 is 4.79 Å². The quantitative estimate of drug-likeness (QED) is 0.620. The normalized spacial score (nSPS) is 24.4. The van der Waals surface area contributed by atoms with Crippen LogP contribution in [-0.2, 0) is 0 Å². The Kier molecular flexibility index (Phi) is 5.06. The van der Waals surface area contributed by atoms with Crippen molar-refractivity contribution in [2.45, 2.75) is 25.2 Å². The highest BCUT2D eigenvalue weighted by molar-refractivity contribution is 7.98. The largest absolute Gasteiger partial charge is 0.296 e. The van der Waals surface area contributed by atoms with Gasteiger partial charge in [-0.15, -0.1) is 11.8 Å². The van der Waals surface area contributed by atoms with Crippen LogP contribution < -0.4 is 0 Å². The van der Waals surface area contributed by atoms with Crippen LogP contribution in [-0.4, -0.2) is 36.6 Å². The predicted molar refractivity (Wildman–Crippen MR) is 81.9 cm³/mol. The lowest BCUT2D eigenvalue weighted by Gasteiger charge is -2.34. The van der Waals surface area contributed by atoms with E-state index in [2.05, 4.69) is 18.7 Å². The van der Waals surface area contributed by atoms with Crippen LogP contribution in [0.5, 0.6) is 0 Å². The van der Waals surface area contributed by atoms with Crippen molar-refractivity contribution in [3.63, 3.8) is 0 Å². The Morgan fingerprint density at radius 1 is 1.26 bits per heavy atom. The molecule has 1 heterocycles. The number of piperidine rings is 1. The number of carbonyl (C=O) groups excluding carboxylic acids is 1. The minimum absolute atomic E-state index is 0.245. The number of nitrogens with zero attached hydrogens (tertiary/aromatic N) is 1. The van der Waals surface area contributed by atoms with Crippen molar-refractivity contribution in [3.05, 3.63) is 29.8 Å². The van der Waals surface area contributed by atoms with Gasteiger partial charge in [0.15, 0.2) is 5.78 Å². The lowest BCUT2D eigenvalue weighted by Crippen LogP contribution is -2.41. The number of ketones is 1. The average Bonchev–Trinajstić information content (AvgIpc) is 2.43. The molecule has 0 radical (unpaired) electrons. The van der Waals surface area contributed by atoms with Gasteiger partial charge < -0.3 is 0 Å². The Morgan fingerprint density at radius 2 is 1.95 bits per heavy atom. The highest BCUT2D eigenvalue weighted by Gasteiger charge is 2.24. The Balaban J connectivity index is 1.93. The lowest BCUT2D eigenvalue weighted by molar-refractivity contribution is 0.0849. The predicted octanol–water partition coefficient (Wildman–Crippen LogP) is 3.57. The third kappa shape index (κ3) is 3.83. The third-order valence-electron chi connectivity index (χ3n) is 4.20. The number of thioether (sulfide) groups is 1. The molecule has 1 aromatic rings. The van der Waals surface area contributed by atoms with E-state index in [0.29, 0.717) is 12.5 Å². The summed E-state index contributed by atoms with van der Waals surface area (Å²) in [5, 5.41) is 0. The second-order valence-corrected chi connectivity index (χ2v) is 6.51. The molecule has 0 bridgehead atoms. The minimum Gasteiger partial charge on any atom is -0.296 e. The van der Waals surface area contributed by atoms with Gasteiger partial charge in [-0.3, -0.25) is 9.69 Å². The molecule has 1 fully saturated rings. The molecule has 0 N–H and O–H groups in total. The number of hydrogen-bond donors (Lipinski definition) is 0. The molecule has 1 saturated heterocycles. The molecule has 104 valence electrons. The first-order valence-corrected chi connectivity index (χ1v) is 8.22. The first-order valence-electron chi connectivity index (χ1n) is 6.99. The zero-order valence-corrected chi connectivity index (χ0v) is 12.9. The van der Waals surface area contributed by atoms with Gasteiger partial charge in [0.05, 0.1) is 6.54 Å². The smallest absolute Gasteiger partial charge is 0.176 e. The van der Waals surface area contributed by atoms with Crippen molar-refractivity contribution in [1.29, 1.82) is 0 Å². The van der Waals surface area contributed by atoms with Gasteiger partial charge in [-0.25, -0.2) is 0 Å². The van der Waals surface area contributed by atoms with Crippen molar-refractivity contribution >= 4 is 17.5 Å². The molecule has 0 saturated carbocycles. The second kappa shape index (κ2) is 6.58. The molecule has 0 aromatic heterocycles. The monoisotopic (exact) mass is 277 g/mol. The molecule has 1 aromatic carbocycles. The van der Waals surface area contributed by atoms with Gasteiger partial charge in [0.25, 0.3) is 0 Å². The van der Waals surface area contributed by atoms with Crippen molar-refractivity contribution in [1.82, 2.24) is 4.90 Å². The number of benzene rings is 1. The fourth-order valence-corrected chi connectivity index (χ4v) is 2.97. The Bertz CT molecular complexity index is 429. The number of hydrogen-bond acceptors (Lipinski definition) is 3. The molecule has 2 atom stereocenters. The average molecular weight is 277 g/mol. The summed E-state index contributed by atoms with van der Waals surface area (Å²) in [5.41, 5.74) is 0.837. The van der Waals surface area contributed by atoms with E-state index in [0.717, 1.165) is 24.6 Å². The van der Waals surface area contributed by atoms with E-state index in [1.54, 1.807) is 11.8 Å². The molecule has 2 unspecified atom stereocenters. The van der Waals surface area contributed by atoms with Crippen LogP contribution in [0.2, 0.25) is 0 Å². The molecular formula is C16H23NOS. The SMILES string of the molecule is CSc1ccc(C(=O)CN2CCC(C)C(C)C2)cc1. The van der Waals surface area contributed by atoms with Crippen molar-refractivity contribution in [3.8, 4) is 0 Å². The standard InChI is InChI=1S/C16H23NOS/c1-12-8-9-17(10-13(12)2)11-16(18)14-4-6-15(19-3)7-5-14/h4-7,12-13H,8-11H2,1-3H3. The van der Waals surface area contributed by atoms with Crippen LogP contribution in [0.3, 0.4) is 0 Å². The topological polar surface area (TPSA) is 20.3 Å². The minimum atomic E-state index is 0.245. The number of likely N-dealkylation sites (tertiary alicyclic amines) is 1. The molecule has 19 heavy (non-hydrogen) atoms. The first kappa shape index (κ1) is 14.6. The fourth-order valence-electron chi connectivity index (χ4n) is 2.56. The van der Waals surface area contributed by atoms with E-state index in [-0.39, 0.29) is 5.78 Å². The summed E-state index contributed by atoms with van der Waals surface area (Å²) in [6.07, 6.45) is 3.26. The van der Waals surface area contributed by atoms with Crippen LogP contribution >= 0.6 is 11.8 Å². The summed E-state index contributed by atoms with van der Waals surface area (Å²) in [6, 6.07) is 7.95. The van der Waals surface area contributed by atoms with E-state index in [1.165, 1.54) is 11.3 Å². The zero-order chi connectivity index (χ0) is 13.8. The Labute approximate surface area is 120 Å². The van der Waals surface area contributed by atoms with Gasteiger partial charge in [0.1, 0.15) is 0 Å². The molecule has 0 amide bonds. The van der Waals surface area contributed by atoms with Gasteiger partial charge in [-0.1, -0.05) is 26.0 Å². The third-order valence-corrected chi connectivity index (χ3v) is 4.94. The van der Waals surface area contributed by atoms with Crippen LogP contribution in [0.25, 0.3) is 0 Å². The number of carbonyl (C=O) groups is 1. The molecule has 1 aliphatic rings. The van der Waals surface area contributed by atoms with E-state index < -0.39 is 0 Å².